The van der Waals surface area contributed by atoms with Crippen LogP contribution in [0.2, 0.25) is 0 Å². The maximum atomic E-state index is 5.17. The number of fused-ring (bicyclic) bond motifs is 1. The quantitative estimate of drug-likeness (QED) is 0.811. The molecule has 1 heterocycles. The second kappa shape index (κ2) is 4.99. The van der Waals surface area contributed by atoms with Gasteiger partial charge in [-0.2, -0.15) is 5.10 Å². The van der Waals surface area contributed by atoms with Crippen LogP contribution >= 0.6 is 0 Å². The van der Waals surface area contributed by atoms with Gasteiger partial charge in [-0.05, 0) is 18.6 Å². The average molecular weight is 219 g/mol. The fourth-order valence-electron chi connectivity index (χ4n) is 1.78. The second-order valence-electron chi connectivity index (χ2n) is 3.84. The lowest BCUT2D eigenvalue weighted by atomic mass is 10.2. The average Bonchev–Trinajstić information content (AvgIpc) is 2.77. The Bertz CT molecular complexity index is 452. The Morgan fingerprint density at radius 3 is 3.12 bits per heavy atom. The lowest BCUT2D eigenvalue weighted by Crippen LogP contribution is -2.23. The van der Waals surface area contributed by atoms with Gasteiger partial charge in [0.1, 0.15) is 0 Å². The van der Waals surface area contributed by atoms with Crippen molar-refractivity contribution >= 4 is 16.6 Å². The first-order valence-corrected chi connectivity index (χ1v) is 5.52. The number of aromatic nitrogens is 2. The van der Waals surface area contributed by atoms with Crippen molar-refractivity contribution in [2.75, 3.05) is 19.0 Å². The lowest BCUT2D eigenvalue weighted by Gasteiger charge is -2.17. The highest BCUT2D eigenvalue weighted by Gasteiger charge is 2.08. The fourth-order valence-corrected chi connectivity index (χ4v) is 1.78. The predicted molar refractivity (Wildman–Crippen MR) is 65.7 cm³/mol. The Hall–Kier alpha value is -1.55. The van der Waals surface area contributed by atoms with Crippen molar-refractivity contribution in [1.29, 1.82) is 0 Å². The van der Waals surface area contributed by atoms with Crippen molar-refractivity contribution in [2.45, 2.75) is 19.4 Å². The van der Waals surface area contributed by atoms with Crippen molar-refractivity contribution in [3.8, 4) is 0 Å². The zero-order chi connectivity index (χ0) is 11.4. The van der Waals surface area contributed by atoms with E-state index in [-0.39, 0.29) is 0 Å². The molecule has 1 aromatic heterocycles. The van der Waals surface area contributed by atoms with E-state index in [1.54, 1.807) is 7.11 Å². The molecule has 0 fully saturated rings. The van der Waals surface area contributed by atoms with Gasteiger partial charge in [0.05, 0.1) is 18.3 Å². The number of ether oxygens (including phenoxy) is 1. The molecule has 1 atom stereocenters. The summed E-state index contributed by atoms with van der Waals surface area (Å²) in [6, 6.07) is 6.44. The Balaban J connectivity index is 2.22. The first kappa shape index (κ1) is 11.0. The third-order valence-corrected chi connectivity index (χ3v) is 2.71. The van der Waals surface area contributed by atoms with Gasteiger partial charge < -0.3 is 10.1 Å². The van der Waals surface area contributed by atoms with Crippen LogP contribution < -0.4 is 5.32 Å². The molecule has 0 saturated heterocycles. The molecule has 4 nitrogen and oxygen atoms in total. The molecule has 2 aromatic rings. The third-order valence-electron chi connectivity index (χ3n) is 2.71. The van der Waals surface area contributed by atoms with Gasteiger partial charge in [0, 0.05) is 24.2 Å². The molecule has 0 aliphatic carbocycles. The van der Waals surface area contributed by atoms with Gasteiger partial charge in [-0.25, -0.2) is 0 Å². The predicted octanol–water partition coefficient (Wildman–Crippen LogP) is 2.40. The number of benzene rings is 1. The van der Waals surface area contributed by atoms with Gasteiger partial charge >= 0.3 is 0 Å². The largest absolute Gasteiger partial charge is 0.383 e. The van der Waals surface area contributed by atoms with Crippen LogP contribution in [-0.2, 0) is 4.74 Å². The first-order chi connectivity index (χ1) is 7.85. The van der Waals surface area contributed by atoms with Gasteiger partial charge in [0.25, 0.3) is 0 Å². The number of hydrogen-bond donors (Lipinski definition) is 2. The maximum Gasteiger partial charge on any atom is 0.0671 e. The van der Waals surface area contributed by atoms with Gasteiger partial charge in [-0.15, -0.1) is 0 Å². The molecule has 0 radical (unpaired) electrons. The number of rotatable bonds is 5. The van der Waals surface area contributed by atoms with E-state index in [0.717, 1.165) is 23.0 Å². The summed E-state index contributed by atoms with van der Waals surface area (Å²) in [5, 5.41) is 11.6. The van der Waals surface area contributed by atoms with Crippen LogP contribution in [0.4, 0.5) is 5.69 Å². The van der Waals surface area contributed by atoms with E-state index in [1.165, 1.54) is 0 Å². The van der Waals surface area contributed by atoms with Crippen LogP contribution in [0.1, 0.15) is 13.3 Å². The van der Waals surface area contributed by atoms with Gasteiger partial charge in [0.2, 0.25) is 0 Å². The van der Waals surface area contributed by atoms with Crippen molar-refractivity contribution in [1.82, 2.24) is 10.2 Å². The summed E-state index contributed by atoms with van der Waals surface area (Å²) in [5.41, 5.74) is 2.16. The number of nitrogens with zero attached hydrogens (tertiary/aromatic N) is 1. The molecule has 16 heavy (non-hydrogen) atoms. The Morgan fingerprint density at radius 2 is 2.38 bits per heavy atom. The van der Waals surface area contributed by atoms with E-state index >= 15 is 0 Å². The van der Waals surface area contributed by atoms with Crippen LogP contribution in [-0.4, -0.2) is 30.0 Å². The molecule has 0 amide bonds. The highest BCUT2D eigenvalue weighted by atomic mass is 16.5. The van der Waals surface area contributed by atoms with E-state index in [4.69, 9.17) is 4.74 Å². The Labute approximate surface area is 95.0 Å². The number of hydrogen-bond acceptors (Lipinski definition) is 3. The van der Waals surface area contributed by atoms with E-state index in [2.05, 4.69) is 28.5 Å². The van der Waals surface area contributed by atoms with Crippen LogP contribution in [0, 0.1) is 0 Å². The molecule has 0 spiro atoms. The summed E-state index contributed by atoms with van der Waals surface area (Å²) in [6.45, 7) is 2.86. The molecular weight excluding hydrogens is 202 g/mol. The molecule has 1 aromatic carbocycles. The first-order valence-electron chi connectivity index (χ1n) is 5.52. The minimum absolute atomic E-state index is 0.338. The zero-order valence-electron chi connectivity index (χ0n) is 9.66. The normalized spacial score (nSPS) is 12.9. The minimum atomic E-state index is 0.338. The van der Waals surface area contributed by atoms with E-state index in [9.17, 15) is 0 Å². The molecule has 1 unspecified atom stereocenters. The fraction of sp³-hybridized carbons (Fsp3) is 0.417. The highest BCUT2D eigenvalue weighted by molar-refractivity contribution is 5.90. The van der Waals surface area contributed by atoms with Crippen molar-refractivity contribution in [3.63, 3.8) is 0 Å². The molecule has 86 valence electrons. The third kappa shape index (κ3) is 2.17. The van der Waals surface area contributed by atoms with Crippen LogP contribution in [0.15, 0.2) is 24.4 Å². The number of anilines is 1. The van der Waals surface area contributed by atoms with Gasteiger partial charge in [0.15, 0.2) is 0 Å². The van der Waals surface area contributed by atoms with E-state index in [0.29, 0.717) is 12.6 Å². The molecular formula is C12H17N3O. The molecule has 0 bridgehead atoms. The number of aromatic amines is 1. The summed E-state index contributed by atoms with van der Waals surface area (Å²) in [5.74, 6) is 0. The number of H-pyrrole nitrogens is 1. The maximum absolute atomic E-state index is 5.17. The zero-order valence-corrected chi connectivity index (χ0v) is 9.66. The number of nitrogens with one attached hydrogen (secondary N) is 2. The van der Waals surface area contributed by atoms with Crippen molar-refractivity contribution < 1.29 is 4.74 Å². The van der Waals surface area contributed by atoms with Crippen LogP contribution in [0.25, 0.3) is 10.9 Å². The molecule has 0 aliphatic heterocycles. The minimum Gasteiger partial charge on any atom is -0.383 e. The molecule has 4 heteroatoms. The highest BCUT2D eigenvalue weighted by Crippen LogP contribution is 2.22. The Kier molecular flexibility index (Phi) is 3.41. The summed E-state index contributed by atoms with van der Waals surface area (Å²) in [7, 11) is 1.72. The number of methoxy groups -OCH3 is 1. The lowest BCUT2D eigenvalue weighted by molar-refractivity contribution is 0.184. The van der Waals surface area contributed by atoms with Crippen molar-refractivity contribution in [3.05, 3.63) is 24.4 Å². The van der Waals surface area contributed by atoms with Crippen LogP contribution in [0.5, 0.6) is 0 Å². The standard InChI is InChI=1S/C12H17N3O/c1-3-9(8-16-2)14-11-5-4-6-12-10(11)7-13-15-12/h4-7,9,14H,3,8H2,1-2H3,(H,13,15). The second-order valence-corrected chi connectivity index (χ2v) is 3.84. The molecule has 2 rings (SSSR count). The van der Waals surface area contributed by atoms with E-state index < -0.39 is 0 Å². The van der Waals surface area contributed by atoms with Crippen LogP contribution in [0.3, 0.4) is 0 Å². The summed E-state index contributed by atoms with van der Waals surface area (Å²) in [6.07, 6.45) is 2.87. The molecule has 0 saturated carbocycles. The topological polar surface area (TPSA) is 49.9 Å². The van der Waals surface area contributed by atoms with Gasteiger partial charge in [-0.3, -0.25) is 5.10 Å². The molecule has 2 N–H and O–H groups in total. The summed E-state index contributed by atoms with van der Waals surface area (Å²) >= 11 is 0. The van der Waals surface area contributed by atoms with Gasteiger partial charge in [-0.1, -0.05) is 13.0 Å². The Morgan fingerprint density at radius 1 is 1.50 bits per heavy atom. The smallest absolute Gasteiger partial charge is 0.0671 e. The monoisotopic (exact) mass is 219 g/mol. The van der Waals surface area contributed by atoms with Crippen molar-refractivity contribution in [2.24, 2.45) is 0 Å². The van der Waals surface area contributed by atoms with E-state index in [1.807, 2.05) is 18.3 Å². The summed E-state index contributed by atoms with van der Waals surface area (Å²) in [4.78, 5) is 0. The molecule has 0 aliphatic rings. The summed E-state index contributed by atoms with van der Waals surface area (Å²) < 4.78 is 5.17. The SMILES string of the molecule is CCC(COC)Nc1cccc2[nH]ncc12.